The number of amides is 1. The minimum Gasteiger partial charge on any atom is -0.489 e. The van der Waals surface area contributed by atoms with E-state index in [0.717, 1.165) is 27.9 Å². The van der Waals surface area contributed by atoms with Gasteiger partial charge in [0.05, 0.1) is 15.9 Å². The molecular weight excluding hydrogens is 394 g/mol. The van der Waals surface area contributed by atoms with Gasteiger partial charge in [0.15, 0.2) is 0 Å². The Balaban J connectivity index is 1.44. The van der Waals surface area contributed by atoms with Gasteiger partial charge in [0.1, 0.15) is 12.4 Å². The first-order chi connectivity index (χ1) is 13.5. The first kappa shape index (κ1) is 18.5. The van der Waals surface area contributed by atoms with Crippen molar-refractivity contribution >= 4 is 45.8 Å². The largest absolute Gasteiger partial charge is 0.489 e. The molecule has 0 bridgehead atoms. The molecule has 0 aliphatic heterocycles. The van der Waals surface area contributed by atoms with Crippen LogP contribution < -0.4 is 10.1 Å². The number of anilines is 1. The van der Waals surface area contributed by atoms with Crippen LogP contribution in [-0.2, 0) is 13.7 Å². The number of aromatic nitrogens is 2. The van der Waals surface area contributed by atoms with E-state index in [2.05, 4.69) is 10.3 Å². The topological polar surface area (TPSA) is 56.1 Å². The van der Waals surface area contributed by atoms with Gasteiger partial charge < -0.3 is 9.30 Å². The molecule has 0 aliphatic rings. The van der Waals surface area contributed by atoms with Crippen molar-refractivity contribution in [2.75, 3.05) is 5.32 Å². The number of ether oxygens (including phenoxy) is 1. The highest BCUT2D eigenvalue weighted by Crippen LogP contribution is 2.24. The highest BCUT2D eigenvalue weighted by Gasteiger charge is 2.14. The number of carbonyl (C=O) groups is 1. The predicted molar refractivity (Wildman–Crippen MR) is 114 cm³/mol. The summed E-state index contributed by atoms with van der Waals surface area (Å²) >= 11 is 7.35. The second kappa shape index (κ2) is 7.66. The average Bonchev–Trinajstić information content (AvgIpc) is 3.27. The average molecular weight is 412 g/mol. The minimum atomic E-state index is -0.183. The van der Waals surface area contributed by atoms with Crippen LogP contribution in [0.4, 0.5) is 5.95 Å². The molecule has 2 heterocycles. The number of nitrogens with one attached hydrogen (secondary N) is 1. The molecule has 4 aromatic rings. The number of nitrogens with zero attached hydrogens (tertiary/aromatic N) is 2. The summed E-state index contributed by atoms with van der Waals surface area (Å²) in [4.78, 5) is 17.7. The molecule has 2 aromatic heterocycles. The zero-order valence-electron chi connectivity index (χ0n) is 15.4. The molecule has 0 saturated carbocycles. The van der Waals surface area contributed by atoms with Gasteiger partial charge in [0.2, 0.25) is 5.95 Å². The molecule has 0 aliphatic carbocycles. The zero-order valence-corrected chi connectivity index (χ0v) is 17.0. The Morgan fingerprint density at radius 1 is 1.25 bits per heavy atom. The van der Waals surface area contributed by atoms with Crippen LogP contribution >= 0.6 is 22.9 Å². The number of hydrogen-bond donors (Lipinski definition) is 1. The van der Waals surface area contributed by atoms with Crippen molar-refractivity contribution < 1.29 is 9.53 Å². The molecule has 0 radical (unpaired) electrons. The van der Waals surface area contributed by atoms with Gasteiger partial charge >= 0.3 is 0 Å². The van der Waals surface area contributed by atoms with Gasteiger partial charge in [-0.3, -0.25) is 10.1 Å². The van der Waals surface area contributed by atoms with Crippen molar-refractivity contribution in [3.05, 3.63) is 74.9 Å². The highest BCUT2D eigenvalue weighted by molar-refractivity contribution is 7.12. The lowest BCUT2D eigenvalue weighted by molar-refractivity contribution is 0.102. The van der Waals surface area contributed by atoms with Crippen molar-refractivity contribution in [2.45, 2.75) is 13.5 Å². The van der Waals surface area contributed by atoms with Crippen molar-refractivity contribution in [3.63, 3.8) is 0 Å². The maximum atomic E-state index is 12.6. The van der Waals surface area contributed by atoms with Gasteiger partial charge in [-0.15, -0.1) is 11.3 Å². The summed E-state index contributed by atoms with van der Waals surface area (Å²) < 4.78 is 7.72. The third-order valence-corrected chi connectivity index (χ3v) is 5.63. The SMILES string of the molecule is Cc1cc(Cl)ccc1OCc1csc(C(=O)Nc2nc3ccccc3n2C)c1. The Kier molecular flexibility index (Phi) is 5.07. The van der Waals surface area contributed by atoms with Gasteiger partial charge in [-0.25, -0.2) is 4.98 Å². The van der Waals surface area contributed by atoms with Crippen molar-refractivity contribution in [2.24, 2.45) is 7.05 Å². The van der Waals surface area contributed by atoms with Crippen LogP contribution in [0.1, 0.15) is 20.8 Å². The summed E-state index contributed by atoms with van der Waals surface area (Å²) in [7, 11) is 1.88. The summed E-state index contributed by atoms with van der Waals surface area (Å²) in [6.45, 7) is 2.34. The lowest BCUT2D eigenvalue weighted by Crippen LogP contribution is -2.13. The molecular formula is C21H18ClN3O2S. The Hall–Kier alpha value is -2.83. The highest BCUT2D eigenvalue weighted by atomic mass is 35.5. The number of fused-ring (bicyclic) bond motifs is 1. The van der Waals surface area contributed by atoms with Crippen LogP contribution in [-0.4, -0.2) is 15.5 Å². The standard InChI is InChI=1S/C21H18ClN3O2S/c1-13-9-15(22)7-8-18(13)27-11-14-10-19(28-12-14)20(26)24-21-23-16-5-3-4-6-17(16)25(21)2/h3-10,12H,11H2,1-2H3,(H,23,24,26). The summed E-state index contributed by atoms with van der Waals surface area (Å²) in [5.41, 5.74) is 3.73. The van der Waals surface area contributed by atoms with Crippen molar-refractivity contribution in [3.8, 4) is 5.75 Å². The molecule has 5 nitrogen and oxygen atoms in total. The second-order valence-electron chi connectivity index (χ2n) is 6.45. The summed E-state index contributed by atoms with van der Waals surface area (Å²) in [5.74, 6) is 1.12. The molecule has 142 valence electrons. The first-order valence-corrected chi connectivity index (χ1v) is 9.96. The van der Waals surface area contributed by atoms with Crippen LogP contribution in [0.2, 0.25) is 5.02 Å². The van der Waals surface area contributed by atoms with E-state index in [1.807, 2.05) is 66.4 Å². The third kappa shape index (κ3) is 3.74. The number of halogens is 1. The number of aryl methyl sites for hydroxylation is 2. The summed E-state index contributed by atoms with van der Waals surface area (Å²) in [5, 5.41) is 5.49. The van der Waals surface area contributed by atoms with Crippen LogP contribution in [0.25, 0.3) is 11.0 Å². The minimum absolute atomic E-state index is 0.183. The quantitative estimate of drug-likeness (QED) is 0.476. The van der Waals surface area contributed by atoms with Crippen molar-refractivity contribution in [1.82, 2.24) is 9.55 Å². The summed E-state index contributed by atoms with van der Waals surface area (Å²) in [6.07, 6.45) is 0. The van der Waals surface area contributed by atoms with E-state index in [1.54, 1.807) is 6.07 Å². The van der Waals surface area contributed by atoms with Gasteiger partial charge in [-0.2, -0.15) is 0 Å². The zero-order chi connectivity index (χ0) is 19.7. The lowest BCUT2D eigenvalue weighted by atomic mass is 10.2. The predicted octanol–water partition coefficient (Wildman–Crippen LogP) is 5.43. The number of hydrogen-bond acceptors (Lipinski definition) is 4. The molecule has 0 fully saturated rings. The van der Waals surface area contributed by atoms with Gasteiger partial charge in [0, 0.05) is 17.6 Å². The van der Waals surface area contributed by atoms with E-state index in [9.17, 15) is 4.79 Å². The molecule has 28 heavy (non-hydrogen) atoms. The first-order valence-electron chi connectivity index (χ1n) is 8.70. The molecule has 0 saturated heterocycles. The van der Waals surface area contributed by atoms with Gasteiger partial charge in [-0.05, 0) is 54.3 Å². The van der Waals surface area contributed by atoms with Gasteiger partial charge in [-0.1, -0.05) is 23.7 Å². The van der Waals surface area contributed by atoms with E-state index < -0.39 is 0 Å². The molecule has 7 heteroatoms. The maximum Gasteiger partial charge on any atom is 0.268 e. The molecule has 0 unspecified atom stereocenters. The Bertz CT molecular complexity index is 1170. The third-order valence-electron chi connectivity index (χ3n) is 4.42. The second-order valence-corrected chi connectivity index (χ2v) is 7.80. The fourth-order valence-electron chi connectivity index (χ4n) is 2.93. The van der Waals surface area contributed by atoms with Gasteiger partial charge in [0.25, 0.3) is 5.91 Å². The van der Waals surface area contributed by atoms with Crippen molar-refractivity contribution in [1.29, 1.82) is 0 Å². The van der Waals surface area contributed by atoms with E-state index in [1.165, 1.54) is 11.3 Å². The Morgan fingerprint density at radius 2 is 2.07 bits per heavy atom. The molecule has 0 atom stereocenters. The molecule has 1 amide bonds. The van der Waals surface area contributed by atoms with E-state index in [-0.39, 0.29) is 5.91 Å². The van der Waals surface area contributed by atoms with Crippen LogP contribution in [0.15, 0.2) is 53.9 Å². The monoisotopic (exact) mass is 411 g/mol. The molecule has 0 spiro atoms. The molecule has 2 aromatic carbocycles. The Morgan fingerprint density at radius 3 is 2.86 bits per heavy atom. The van der Waals surface area contributed by atoms with E-state index in [0.29, 0.717) is 22.5 Å². The number of carbonyl (C=O) groups excluding carboxylic acids is 1. The number of para-hydroxylation sites is 2. The van der Waals surface area contributed by atoms with Crippen LogP contribution in [0.3, 0.4) is 0 Å². The van der Waals surface area contributed by atoms with Crippen LogP contribution in [0.5, 0.6) is 5.75 Å². The number of rotatable bonds is 5. The van der Waals surface area contributed by atoms with E-state index in [4.69, 9.17) is 16.3 Å². The lowest BCUT2D eigenvalue weighted by Gasteiger charge is -2.08. The smallest absolute Gasteiger partial charge is 0.268 e. The van der Waals surface area contributed by atoms with Crippen LogP contribution in [0, 0.1) is 6.92 Å². The number of benzene rings is 2. The summed E-state index contributed by atoms with van der Waals surface area (Å²) in [6, 6.07) is 15.1. The maximum absolute atomic E-state index is 12.6. The number of imidazole rings is 1. The Labute approximate surface area is 171 Å². The van der Waals surface area contributed by atoms with E-state index >= 15 is 0 Å². The fraction of sp³-hybridized carbons (Fsp3) is 0.143. The molecule has 1 N–H and O–H groups in total. The fourth-order valence-corrected chi connectivity index (χ4v) is 3.95. The normalized spacial score (nSPS) is 11.0. The molecule has 4 rings (SSSR count). The number of thiophene rings is 1.